The van der Waals surface area contributed by atoms with Crippen LogP contribution in [0.1, 0.15) is 37.8 Å². The second kappa shape index (κ2) is 8.02. The molecule has 2 aromatic heterocycles. The van der Waals surface area contributed by atoms with Gasteiger partial charge >= 0.3 is 0 Å². The molecule has 3 aromatic rings. The van der Waals surface area contributed by atoms with Crippen LogP contribution in [-0.4, -0.2) is 49.5 Å². The zero-order valence-electron chi connectivity index (χ0n) is 17.0. The molecule has 1 aliphatic rings. The van der Waals surface area contributed by atoms with Gasteiger partial charge in [-0.15, -0.1) is 0 Å². The summed E-state index contributed by atoms with van der Waals surface area (Å²) in [6, 6.07) is 7.78. The van der Waals surface area contributed by atoms with Crippen LogP contribution in [0.2, 0.25) is 0 Å². The van der Waals surface area contributed by atoms with Gasteiger partial charge in [0.15, 0.2) is 10.8 Å². The van der Waals surface area contributed by atoms with Gasteiger partial charge in [-0.05, 0) is 25.5 Å². The number of rotatable bonds is 6. The predicted molar refractivity (Wildman–Crippen MR) is 115 cm³/mol. The number of aryl methyl sites for hydroxylation is 1. The largest absolute Gasteiger partial charge is 0.346 e. The Morgan fingerprint density at radius 1 is 1.31 bits per heavy atom. The number of carbonyl (C=O) groups excluding carboxylic acids is 1. The van der Waals surface area contributed by atoms with E-state index >= 15 is 0 Å². The third kappa shape index (κ3) is 3.69. The van der Waals surface area contributed by atoms with Crippen molar-refractivity contribution in [3.8, 4) is 5.69 Å². The summed E-state index contributed by atoms with van der Waals surface area (Å²) in [7, 11) is 1.83. The lowest BCUT2D eigenvalue weighted by molar-refractivity contribution is -0.130. The summed E-state index contributed by atoms with van der Waals surface area (Å²) in [5, 5.41) is 5.54. The molecule has 0 fully saturated rings. The molecule has 29 heavy (non-hydrogen) atoms. The second-order valence-corrected chi connectivity index (χ2v) is 8.52. The summed E-state index contributed by atoms with van der Waals surface area (Å²) in [6.45, 7) is 4.88. The van der Waals surface area contributed by atoms with Gasteiger partial charge < -0.3 is 4.90 Å². The highest BCUT2D eigenvalue weighted by atomic mass is 32.2. The molecule has 0 saturated carbocycles. The first-order valence-electron chi connectivity index (χ1n) is 9.93. The Kier molecular flexibility index (Phi) is 5.45. The summed E-state index contributed by atoms with van der Waals surface area (Å²) in [5.41, 5.74) is 2.47. The standard InChI is InChI=1S/C21H25N5O2S/c1-4-5-10-24(3)18(27)11-16-13-29-21-23-19-17(20(28)25(16)21)12-22-26(19)15-8-6-14(2)7-9-15/h6-9,12,16H,4-5,10-11,13H2,1-3H3. The molecule has 3 heterocycles. The summed E-state index contributed by atoms with van der Waals surface area (Å²) in [5.74, 6) is 0.749. The van der Waals surface area contributed by atoms with Gasteiger partial charge in [-0.25, -0.2) is 9.67 Å². The normalized spacial score (nSPS) is 15.6. The molecular weight excluding hydrogens is 386 g/mol. The summed E-state index contributed by atoms with van der Waals surface area (Å²) < 4.78 is 3.38. The third-order valence-corrected chi connectivity index (χ3v) is 6.43. The highest BCUT2D eigenvalue weighted by molar-refractivity contribution is 7.99. The van der Waals surface area contributed by atoms with Gasteiger partial charge in [0.2, 0.25) is 5.91 Å². The van der Waals surface area contributed by atoms with Crippen LogP contribution < -0.4 is 5.56 Å². The highest BCUT2D eigenvalue weighted by Crippen LogP contribution is 2.33. The van der Waals surface area contributed by atoms with Crippen LogP contribution in [0.3, 0.4) is 0 Å². The SMILES string of the molecule is CCCCN(C)C(=O)CC1CSc2nc3c(cnn3-c3ccc(C)cc3)c(=O)n21. The van der Waals surface area contributed by atoms with Crippen LogP contribution in [0.4, 0.5) is 0 Å². The number of thioether (sulfide) groups is 1. The first-order chi connectivity index (χ1) is 14.0. The van der Waals surface area contributed by atoms with Gasteiger partial charge in [-0.3, -0.25) is 14.2 Å². The Morgan fingerprint density at radius 2 is 2.07 bits per heavy atom. The van der Waals surface area contributed by atoms with E-state index < -0.39 is 0 Å². The maximum absolute atomic E-state index is 13.2. The molecule has 1 aliphatic heterocycles. The molecule has 0 spiro atoms. The zero-order chi connectivity index (χ0) is 20.5. The van der Waals surface area contributed by atoms with Crippen LogP contribution in [0.15, 0.2) is 40.4 Å². The van der Waals surface area contributed by atoms with Crippen molar-refractivity contribution in [1.82, 2.24) is 24.2 Å². The first-order valence-corrected chi connectivity index (χ1v) is 10.9. The van der Waals surface area contributed by atoms with Gasteiger partial charge in [-0.2, -0.15) is 5.10 Å². The number of hydrogen-bond acceptors (Lipinski definition) is 5. The molecule has 1 atom stereocenters. The van der Waals surface area contributed by atoms with E-state index in [9.17, 15) is 9.59 Å². The van der Waals surface area contributed by atoms with E-state index in [1.54, 1.807) is 20.3 Å². The van der Waals surface area contributed by atoms with Crippen LogP contribution in [0.25, 0.3) is 16.7 Å². The minimum Gasteiger partial charge on any atom is -0.346 e. The van der Waals surface area contributed by atoms with E-state index in [2.05, 4.69) is 12.0 Å². The molecule has 4 rings (SSSR count). The van der Waals surface area contributed by atoms with E-state index in [-0.39, 0.29) is 17.5 Å². The number of hydrogen-bond donors (Lipinski definition) is 0. The fraction of sp³-hybridized carbons (Fsp3) is 0.429. The highest BCUT2D eigenvalue weighted by Gasteiger charge is 2.30. The molecule has 0 saturated heterocycles. The lowest BCUT2D eigenvalue weighted by Crippen LogP contribution is -2.32. The molecule has 0 N–H and O–H groups in total. The van der Waals surface area contributed by atoms with E-state index in [0.29, 0.717) is 28.4 Å². The Bertz CT molecular complexity index is 1100. The molecule has 0 radical (unpaired) electrons. The Balaban J connectivity index is 1.66. The maximum atomic E-state index is 13.2. The fourth-order valence-electron chi connectivity index (χ4n) is 3.53. The zero-order valence-corrected chi connectivity index (χ0v) is 17.8. The number of amides is 1. The summed E-state index contributed by atoms with van der Waals surface area (Å²) in [4.78, 5) is 32.2. The van der Waals surface area contributed by atoms with Crippen molar-refractivity contribution in [2.24, 2.45) is 0 Å². The predicted octanol–water partition coefficient (Wildman–Crippen LogP) is 3.19. The van der Waals surface area contributed by atoms with E-state index in [4.69, 9.17) is 4.98 Å². The van der Waals surface area contributed by atoms with Gasteiger partial charge in [-0.1, -0.05) is 42.8 Å². The lowest BCUT2D eigenvalue weighted by Gasteiger charge is -2.20. The topological polar surface area (TPSA) is 73.0 Å². The lowest BCUT2D eigenvalue weighted by atomic mass is 10.2. The minimum absolute atomic E-state index is 0.0687. The van der Waals surface area contributed by atoms with Gasteiger partial charge in [0.25, 0.3) is 5.56 Å². The van der Waals surface area contributed by atoms with Gasteiger partial charge in [0, 0.05) is 25.8 Å². The van der Waals surface area contributed by atoms with Crippen LogP contribution in [0.5, 0.6) is 0 Å². The van der Waals surface area contributed by atoms with Crippen molar-refractivity contribution in [2.75, 3.05) is 19.3 Å². The molecule has 8 heteroatoms. The van der Waals surface area contributed by atoms with Crippen molar-refractivity contribution < 1.29 is 4.79 Å². The van der Waals surface area contributed by atoms with Gasteiger partial charge in [0.05, 0.1) is 17.9 Å². The molecule has 7 nitrogen and oxygen atoms in total. The molecule has 1 aromatic carbocycles. The summed E-state index contributed by atoms with van der Waals surface area (Å²) in [6.07, 6.45) is 3.93. The quantitative estimate of drug-likeness (QED) is 0.583. The van der Waals surface area contributed by atoms with Crippen molar-refractivity contribution in [3.63, 3.8) is 0 Å². The number of fused-ring (bicyclic) bond motifs is 2. The van der Waals surface area contributed by atoms with E-state index in [1.807, 2.05) is 38.2 Å². The van der Waals surface area contributed by atoms with Crippen LogP contribution in [0, 0.1) is 6.92 Å². The number of unbranched alkanes of at least 4 members (excludes halogenated alkanes) is 1. The van der Waals surface area contributed by atoms with Crippen molar-refractivity contribution >= 4 is 28.7 Å². The molecule has 152 valence electrons. The van der Waals surface area contributed by atoms with Crippen molar-refractivity contribution in [2.45, 2.75) is 44.3 Å². The molecule has 0 bridgehead atoms. The Hall–Kier alpha value is -2.61. The second-order valence-electron chi connectivity index (χ2n) is 7.54. The Labute approximate surface area is 173 Å². The number of benzene rings is 1. The third-order valence-electron chi connectivity index (χ3n) is 5.33. The van der Waals surface area contributed by atoms with Crippen molar-refractivity contribution in [3.05, 3.63) is 46.4 Å². The molecular formula is C21H25N5O2S. The number of nitrogens with zero attached hydrogens (tertiary/aromatic N) is 5. The Morgan fingerprint density at radius 3 is 2.79 bits per heavy atom. The minimum atomic E-state index is -0.168. The average Bonchev–Trinajstić information content (AvgIpc) is 3.32. The molecule has 1 amide bonds. The van der Waals surface area contributed by atoms with E-state index in [1.165, 1.54) is 11.8 Å². The fourth-order valence-corrected chi connectivity index (χ4v) is 4.66. The number of carbonyl (C=O) groups is 1. The summed E-state index contributed by atoms with van der Waals surface area (Å²) >= 11 is 1.53. The average molecular weight is 412 g/mol. The monoisotopic (exact) mass is 411 g/mol. The van der Waals surface area contributed by atoms with E-state index in [0.717, 1.165) is 30.6 Å². The van der Waals surface area contributed by atoms with Crippen molar-refractivity contribution in [1.29, 1.82) is 0 Å². The van der Waals surface area contributed by atoms with Crippen LogP contribution >= 0.6 is 11.8 Å². The van der Waals surface area contributed by atoms with Gasteiger partial charge in [0.1, 0.15) is 5.39 Å². The van der Waals surface area contributed by atoms with Crippen LogP contribution in [-0.2, 0) is 4.79 Å². The smallest absolute Gasteiger partial charge is 0.265 e. The first kappa shape index (κ1) is 19.7. The number of aromatic nitrogens is 4. The molecule has 1 unspecified atom stereocenters. The molecule has 0 aliphatic carbocycles. The maximum Gasteiger partial charge on any atom is 0.265 e.